The molecule has 1 aliphatic rings. The number of carbonyl (C=O) groups is 1. The van der Waals surface area contributed by atoms with Crippen LogP contribution in [0.5, 0.6) is 0 Å². The number of amides is 1. The van der Waals surface area contributed by atoms with Gasteiger partial charge >= 0.3 is 0 Å². The minimum absolute atomic E-state index is 0.113. The normalized spacial score (nSPS) is 20.7. The smallest absolute Gasteiger partial charge is 0.228 e. The number of hydrogen-bond donors (Lipinski definition) is 2. The molecule has 0 radical (unpaired) electrons. The number of aromatic nitrogens is 2. The molecule has 100 valence electrons. The highest BCUT2D eigenvalue weighted by Crippen LogP contribution is 2.27. The molecule has 1 atom stereocenters. The zero-order chi connectivity index (χ0) is 13.5. The quantitative estimate of drug-likeness (QED) is 0.785. The van der Waals surface area contributed by atoms with E-state index in [4.69, 9.17) is 5.14 Å². The van der Waals surface area contributed by atoms with Gasteiger partial charge in [0, 0.05) is 30.1 Å². The molecule has 1 fully saturated rings. The lowest BCUT2D eigenvalue weighted by Crippen LogP contribution is -2.28. The van der Waals surface area contributed by atoms with Crippen molar-refractivity contribution < 1.29 is 13.2 Å². The van der Waals surface area contributed by atoms with Gasteiger partial charge in [0.1, 0.15) is 0 Å². The first kappa shape index (κ1) is 13.0. The van der Waals surface area contributed by atoms with Gasteiger partial charge in [0.25, 0.3) is 0 Å². The summed E-state index contributed by atoms with van der Waals surface area (Å²) < 4.78 is 22.1. The Morgan fingerprint density at radius 1 is 1.50 bits per heavy atom. The van der Waals surface area contributed by atoms with Crippen molar-refractivity contribution in [3.63, 3.8) is 0 Å². The van der Waals surface area contributed by atoms with Crippen LogP contribution in [-0.2, 0) is 14.8 Å². The van der Waals surface area contributed by atoms with E-state index >= 15 is 0 Å². The molecule has 1 aromatic rings. The summed E-state index contributed by atoms with van der Waals surface area (Å²) in [5.41, 5.74) is 1.80. The molecule has 2 rings (SSSR count). The van der Waals surface area contributed by atoms with Crippen LogP contribution in [0.3, 0.4) is 0 Å². The van der Waals surface area contributed by atoms with Crippen molar-refractivity contribution in [3.8, 4) is 0 Å². The third-order valence-electron chi connectivity index (χ3n) is 3.16. The molecule has 1 saturated heterocycles. The fraction of sp³-hybridized carbons (Fsp3) is 0.600. The van der Waals surface area contributed by atoms with Crippen molar-refractivity contribution in [3.05, 3.63) is 11.3 Å². The third kappa shape index (κ3) is 2.54. The highest BCUT2D eigenvalue weighted by atomic mass is 32.2. The van der Waals surface area contributed by atoms with E-state index in [1.807, 2.05) is 13.8 Å². The van der Waals surface area contributed by atoms with Crippen LogP contribution in [0.15, 0.2) is 0 Å². The lowest BCUT2D eigenvalue weighted by atomic mass is 10.1. The Kier molecular flexibility index (Phi) is 3.16. The lowest BCUT2D eigenvalue weighted by Gasteiger charge is -2.14. The number of H-pyrrole nitrogens is 1. The maximum absolute atomic E-state index is 11.9. The number of nitrogens with zero attached hydrogens (tertiary/aromatic N) is 2. The molecule has 2 heterocycles. The number of nitrogens with two attached hydrogens (primary N) is 1. The van der Waals surface area contributed by atoms with E-state index in [0.717, 1.165) is 11.3 Å². The SMILES string of the molecule is Cc1[nH]nc(N2CC(CS(N)(=O)=O)CC2=O)c1C. The Balaban J connectivity index is 2.18. The predicted molar refractivity (Wildman–Crippen MR) is 66.5 cm³/mol. The average Bonchev–Trinajstić information content (AvgIpc) is 2.70. The number of aryl methyl sites for hydroxylation is 1. The van der Waals surface area contributed by atoms with E-state index in [0.29, 0.717) is 12.4 Å². The third-order valence-corrected chi connectivity index (χ3v) is 4.09. The molecule has 1 aromatic heterocycles. The predicted octanol–water partition coefficient (Wildman–Crippen LogP) is -0.332. The second-order valence-electron chi connectivity index (χ2n) is 4.70. The Morgan fingerprint density at radius 2 is 2.17 bits per heavy atom. The molecule has 0 bridgehead atoms. The zero-order valence-corrected chi connectivity index (χ0v) is 11.1. The van der Waals surface area contributed by atoms with Crippen molar-refractivity contribution in [1.29, 1.82) is 0 Å². The molecule has 7 nitrogen and oxygen atoms in total. The second kappa shape index (κ2) is 4.36. The van der Waals surface area contributed by atoms with Gasteiger partial charge in [-0.3, -0.25) is 14.8 Å². The highest BCUT2D eigenvalue weighted by molar-refractivity contribution is 7.89. The molecule has 1 aliphatic heterocycles. The van der Waals surface area contributed by atoms with Gasteiger partial charge in [0.05, 0.1) is 5.75 Å². The molecular weight excluding hydrogens is 256 g/mol. The molecule has 3 N–H and O–H groups in total. The topological polar surface area (TPSA) is 109 Å². The van der Waals surface area contributed by atoms with Gasteiger partial charge in [-0.05, 0) is 13.8 Å². The number of sulfonamides is 1. The summed E-state index contributed by atoms with van der Waals surface area (Å²) in [4.78, 5) is 13.4. The summed E-state index contributed by atoms with van der Waals surface area (Å²) >= 11 is 0. The van der Waals surface area contributed by atoms with Crippen molar-refractivity contribution in [2.24, 2.45) is 11.1 Å². The van der Waals surface area contributed by atoms with Crippen molar-refractivity contribution in [1.82, 2.24) is 10.2 Å². The summed E-state index contributed by atoms with van der Waals surface area (Å²) in [5.74, 6) is 0.0362. The van der Waals surface area contributed by atoms with Gasteiger partial charge in [-0.15, -0.1) is 0 Å². The fourth-order valence-electron chi connectivity index (χ4n) is 2.16. The zero-order valence-electron chi connectivity index (χ0n) is 10.3. The van der Waals surface area contributed by atoms with Gasteiger partial charge in [-0.2, -0.15) is 5.10 Å². The number of aromatic amines is 1. The standard InChI is InChI=1S/C10H16N4O3S/c1-6-7(2)12-13-10(6)14-4-8(3-9(14)15)5-18(11,16)17/h8H,3-5H2,1-2H3,(H,12,13)(H2,11,16,17). The van der Waals surface area contributed by atoms with Crippen LogP contribution in [-0.4, -0.2) is 36.8 Å². The van der Waals surface area contributed by atoms with Crippen molar-refractivity contribution >= 4 is 21.7 Å². The van der Waals surface area contributed by atoms with Crippen LogP contribution in [0.4, 0.5) is 5.82 Å². The highest BCUT2D eigenvalue weighted by Gasteiger charge is 2.34. The van der Waals surface area contributed by atoms with E-state index in [9.17, 15) is 13.2 Å². The molecule has 1 amide bonds. The summed E-state index contributed by atoms with van der Waals surface area (Å²) in [6.07, 6.45) is 0.196. The Bertz CT molecular complexity index is 578. The minimum atomic E-state index is -3.55. The lowest BCUT2D eigenvalue weighted by molar-refractivity contribution is -0.117. The van der Waals surface area contributed by atoms with Crippen LogP contribution in [0.1, 0.15) is 17.7 Å². The molecule has 1 unspecified atom stereocenters. The number of primary sulfonamides is 1. The molecule has 0 saturated carbocycles. The summed E-state index contributed by atoms with van der Waals surface area (Å²) in [7, 11) is -3.55. The maximum atomic E-state index is 11.9. The van der Waals surface area contributed by atoms with Crippen LogP contribution < -0.4 is 10.0 Å². The van der Waals surface area contributed by atoms with Crippen molar-refractivity contribution in [2.75, 3.05) is 17.2 Å². The molecule has 0 aromatic carbocycles. The average molecular weight is 272 g/mol. The number of rotatable bonds is 3. The monoisotopic (exact) mass is 272 g/mol. The summed E-state index contributed by atoms with van der Waals surface area (Å²) in [6.45, 7) is 4.09. The Hall–Kier alpha value is -1.41. The van der Waals surface area contributed by atoms with E-state index < -0.39 is 10.0 Å². The molecule has 0 spiro atoms. The largest absolute Gasteiger partial charge is 0.295 e. The summed E-state index contributed by atoms with van der Waals surface area (Å²) in [5, 5.41) is 11.9. The Labute approximate surface area is 105 Å². The first-order valence-corrected chi connectivity index (χ1v) is 7.32. The van der Waals surface area contributed by atoms with Crippen LogP contribution in [0.25, 0.3) is 0 Å². The van der Waals surface area contributed by atoms with E-state index in [2.05, 4.69) is 10.2 Å². The number of hydrogen-bond acceptors (Lipinski definition) is 4. The fourth-order valence-corrected chi connectivity index (χ4v) is 3.04. The van der Waals surface area contributed by atoms with E-state index in [1.165, 1.54) is 4.90 Å². The summed E-state index contributed by atoms with van der Waals surface area (Å²) in [6, 6.07) is 0. The molecule has 18 heavy (non-hydrogen) atoms. The minimum Gasteiger partial charge on any atom is -0.295 e. The maximum Gasteiger partial charge on any atom is 0.228 e. The van der Waals surface area contributed by atoms with Crippen LogP contribution >= 0.6 is 0 Å². The number of carbonyl (C=O) groups excluding carboxylic acids is 1. The van der Waals surface area contributed by atoms with Crippen LogP contribution in [0.2, 0.25) is 0 Å². The van der Waals surface area contributed by atoms with Crippen molar-refractivity contribution in [2.45, 2.75) is 20.3 Å². The van der Waals surface area contributed by atoms with Crippen LogP contribution in [0, 0.1) is 19.8 Å². The second-order valence-corrected chi connectivity index (χ2v) is 6.36. The van der Waals surface area contributed by atoms with Gasteiger partial charge in [-0.25, -0.2) is 13.6 Å². The van der Waals surface area contributed by atoms with E-state index in [-0.39, 0.29) is 24.0 Å². The number of nitrogens with one attached hydrogen (secondary N) is 1. The van der Waals surface area contributed by atoms with Gasteiger partial charge < -0.3 is 0 Å². The first-order valence-electron chi connectivity index (χ1n) is 5.60. The molecular formula is C10H16N4O3S. The van der Waals surface area contributed by atoms with Gasteiger partial charge in [0.2, 0.25) is 15.9 Å². The molecule has 0 aliphatic carbocycles. The Morgan fingerprint density at radius 3 is 2.67 bits per heavy atom. The van der Waals surface area contributed by atoms with Gasteiger partial charge in [0.15, 0.2) is 5.82 Å². The molecule has 8 heteroatoms. The van der Waals surface area contributed by atoms with E-state index in [1.54, 1.807) is 0 Å². The number of anilines is 1. The van der Waals surface area contributed by atoms with Gasteiger partial charge in [-0.1, -0.05) is 0 Å². The first-order chi connectivity index (χ1) is 8.28.